The molecule has 1 aliphatic heterocycles. The predicted octanol–water partition coefficient (Wildman–Crippen LogP) is 6.20. The minimum atomic E-state index is 0.635. The number of hydrogen-bond donors (Lipinski definition) is 0. The van der Waals surface area contributed by atoms with E-state index in [9.17, 15) is 0 Å². The van der Waals surface area contributed by atoms with E-state index in [0.717, 1.165) is 18.8 Å². The fourth-order valence-corrected chi connectivity index (χ4v) is 4.73. The Morgan fingerprint density at radius 3 is 2.46 bits per heavy atom. The Balaban J connectivity index is 1.43. The summed E-state index contributed by atoms with van der Waals surface area (Å²) in [6, 6.07) is 26.7. The first-order chi connectivity index (χ1) is 12.9. The molecule has 0 spiro atoms. The summed E-state index contributed by atoms with van der Waals surface area (Å²) < 4.78 is 6.03. The second-order valence-electron chi connectivity index (χ2n) is 7.65. The first-order valence-electron chi connectivity index (χ1n) is 9.54. The second-order valence-corrected chi connectivity index (χ2v) is 7.65. The lowest BCUT2D eigenvalue weighted by atomic mass is 9.93. The minimum absolute atomic E-state index is 0.635. The van der Waals surface area contributed by atoms with Gasteiger partial charge in [0, 0.05) is 17.4 Å². The lowest BCUT2D eigenvalue weighted by molar-refractivity contribution is 0.360. The summed E-state index contributed by atoms with van der Waals surface area (Å²) in [5, 5.41) is 5.26. The van der Waals surface area contributed by atoms with E-state index in [1.54, 1.807) is 0 Å². The minimum Gasteiger partial charge on any atom is -0.492 e. The van der Waals surface area contributed by atoms with Crippen molar-refractivity contribution in [3.05, 3.63) is 89.5 Å². The molecule has 126 valence electrons. The molecular formula is C25H20O. The Morgan fingerprint density at radius 1 is 0.731 bits per heavy atom. The molecule has 0 unspecified atom stereocenters. The molecule has 1 nitrogen and oxygen atoms in total. The Bertz CT molecular complexity index is 1160. The van der Waals surface area contributed by atoms with E-state index in [-0.39, 0.29) is 0 Å². The van der Waals surface area contributed by atoms with Gasteiger partial charge in [-0.05, 0) is 45.5 Å². The van der Waals surface area contributed by atoms with Gasteiger partial charge in [0.15, 0.2) is 0 Å². The summed E-state index contributed by atoms with van der Waals surface area (Å²) in [5.74, 6) is 2.42. The first-order valence-corrected chi connectivity index (χ1v) is 9.54. The third kappa shape index (κ3) is 2.10. The smallest absolute Gasteiger partial charge is 0.130 e. The molecule has 0 saturated heterocycles. The van der Waals surface area contributed by atoms with E-state index in [0.29, 0.717) is 11.8 Å². The van der Waals surface area contributed by atoms with Crippen molar-refractivity contribution in [1.82, 2.24) is 0 Å². The van der Waals surface area contributed by atoms with Gasteiger partial charge < -0.3 is 4.74 Å². The Kier molecular flexibility index (Phi) is 2.96. The quantitative estimate of drug-likeness (QED) is 0.423. The zero-order valence-corrected chi connectivity index (χ0v) is 14.6. The van der Waals surface area contributed by atoms with Gasteiger partial charge >= 0.3 is 0 Å². The van der Waals surface area contributed by atoms with Crippen molar-refractivity contribution in [1.29, 1.82) is 0 Å². The number of benzene rings is 4. The number of hydrogen-bond acceptors (Lipinski definition) is 1. The maximum absolute atomic E-state index is 6.03. The molecule has 0 amide bonds. The van der Waals surface area contributed by atoms with Gasteiger partial charge in [0.2, 0.25) is 0 Å². The van der Waals surface area contributed by atoms with Crippen molar-refractivity contribution in [2.24, 2.45) is 0 Å². The van der Waals surface area contributed by atoms with Crippen LogP contribution < -0.4 is 4.74 Å². The van der Waals surface area contributed by atoms with E-state index in [4.69, 9.17) is 4.74 Å². The van der Waals surface area contributed by atoms with Crippen LogP contribution >= 0.6 is 0 Å². The average molecular weight is 336 g/mol. The highest BCUT2D eigenvalue weighted by Gasteiger charge is 2.42. The van der Waals surface area contributed by atoms with Crippen molar-refractivity contribution in [2.45, 2.75) is 24.7 Å². The van der Waals surface area contributed by atoms with Gasteiger partial charge in [-0.1, -0.05) is 72.8 Å². The van der Waals surface area contributed by atoms with Crippen LogP contribution in [0.1, 0.15) is 34.9 Å². The molecule has 4 aromatic rings. The van der Waals surface area contributed by atoms with Gasteiger partial charge in [-0.3, -0.25) is 0 Å². The van der Waals surface area contributed by atoms with Gasteiger partial charge in [0.25, 0.3) is 0 Å². The molecule has 1 saturated carbocycles. The molecule has 0 radical (unpaired) electrons. The van der Waals surface area contributed by atoms with Crippen LogP contribution in [0.5, 0.6) is 5.75 Å². The SMILES string of the molecule is c1ccc2cc([C@H]3C[C@H]3c3cc4ccccc4c4c3CCO4)ccc2c1. The molecule has 1 heteroatoms. The van der Waals surface area contributed by atoms with Crippen molar-refractivity contribution in [3.63, 3.8) is 0 Å². The lowest BCUT2D eigenvalue weighted by Gasteiger charge is -2.11. The summed E-state index contributed by atoms with van der Waals surface area (Å²) in [6.45, 7) is 0.823. The van der Waals surface area contributed by atoms with E-state index in [2.05, 4.69) is 72.8 Å². The zero-order chi connectivity index (χ0) is 17.1. The summed E-state index contributed by atoms with van der Waals surface area (Å²) >= 11 is 0. The normalized spacial score (nSPS) is 20.9. The Morgan fingerprint density at radius 2 is 1.54 bits per heavy atom. The van der Waals surface area contributed by atoms with E-state index >= 15 is 0 Å². The van der Waals surface area contributed by atoms with Crippen molar-refractivity contribution >= 4 is 21.5 Å². The van der Waals surface area contributed by atoms with Gasteiger partial charge in [0.1, 0.15) is 5.75 Å². The molecule has 26 heavy (non-hydrogen) atoms. The fourth-order valence-electron chi connectivity index (χ4n) is 4.73. The second kappa shape index (κ2) is 5.35. The topological polar surface area (TPSA) is 9.23 Å². The Hall–Kier alpha value is -2.80. The number of fused-ring (bicyclic) bond motifs is 4. The fraction of sp³-hybridized carbons (Fsp3) is 0.200. The monoisotopic (exact) mass is 336 g/mol. The van der Waals surface area contributed by atoms with Gasteiger partial charge in [-0.25, -0.2) is 0 Å². The number of ether oxygens (including phenoxy) is 1. The molecule has 6 rings (SSSR count). The van der Waals surface area contributed by atoms with Crippen LogP contribution in [-0.2, 0) is 6.42 Å². The summed E-state index contributed by atoms with van der Waals surface area (Å²) in [5.41, 5.74) is 4.46. The highest BCUT2D eigenvalue weighted by molar-refractivity contribution is 5.91. The van der Waals surface area contributed by atoms with Crippen LogP contribution in [0.25, 0.3) is 21.5 Å². The summed E-state index contributed by atoms with van der Waals surface area (Å²) in [6.07, 6.45) is 2.31. The van der Waals surface area contributed by atoms with Crippen molar-refractivity contribution < 1.29 is 4.74 Å². The van der Waals surface area contributed by atoms with Crippen molar-refractivity contribution in [3.8, 4) is 5.75 Å². The molecular weight excluding hydrogens is 316 g/mol. The predicted molar refractivity (Wildman–Crippen MR) is 107 cm³/mol. The lowest BCUT2D eigenvalue weighted by Crippen LogP contribution is -1.92. The highest BCUT2D eigenvalue weighted by atomic mass is 16.5. The number of rotatable bonds is 2. The molecule has 2 aliphatic rings. The molecule has 2 atom stereocenters. The Labute approximate surface area is 153 Å². The maximum atomic E-state index is 6.03. The third-order valence-electron chi connectivity index (χ3n) is 6.13. The molecule has 1 aliphatic carbocycles. The average Bonchev–Trinajstić information content (AvgIpc) is 3.34. The molecule has 0 bridgehead atoms. The van der Waals surface area contributed by atoms with E-state index in [1.165, 1.54) is 44.7 Å². The summed E-state index contributed by atoms with van der Waals surface area (Å²) in [7, 11) is 0. The van der Waals surface area contributed by atoms with Gasteiger partial charge in [-0.2, -0.15) is 0 Å². The first kappa shape index (κ1) is 14.4. The molecule has 1 heterocycles. The standard InChI is InChI=1S/C25H20O/c1-2-6-17-13-19(10-9-16(17)5-1)22-15-24(22)23-14-18-7-3-4-8-20(18)25-21(23)11-12-26-25/h1-10,13-14,22,24H,11-12,15H2/t22-,24-/m1/s1. The summed E-state index contributed by atoms with van der Waals surface area (Å²) in [4.78, 5) is 0. The van der Waals surface area contributed by atoms with E-state index in [1.807, 2.05) is 0 Å². The molecule has 0 N–H and O–H groups in total. The molecule has 0 aromatic heterocycles. The van der Waals surface area contributed by atoms with Crippen LogP contribution in [0.15, 0.2) is 72.8 Å². The van der Waals surface area contributed by atoms with Crippen LogP contribution in [0.4, 0.5) is 0 Å². The molecule has 1 fully saturated rings. The molecule has 4 aromatic carbocycles. The van der Waals surface area contributed by atoms with Crippen LogP contribution in [0, 0.1) is 0 Å². The van der Waals surface area contributed by atoms with Gasteiger partial charge in [0.05, 0.1) is 6.61 Å². The van der Waals surface area contributed by atoms with Crippen molar-refractivity contribution in [2.75, 3.05) is 6.61 Å². The van der Waals surface area contributed by atoms with Crippen LogP contribution in [0.3, 0.4) is 0 Å². The van der Waals surface area contributed by atoms with Crippen LogP contribution in [0.2, 0.25) is 0 Å². The van der Waals surface area contributed by atoms with Gasteiger partial charge in [-0.15, -0.1) is 0 Å². The highest BCUT2D eigenvalue weighted by Crippen LogP contribution is 2.57. The largest absolute Gasteiger partial charge is 0.492 e. The zero-order valence-electron chi connectivity index (χ0n) is 14.6. The van der Waals surface area contributed by atoms with E-state index < -0.39 is 0 Å². The van der Waals surface area contributed by atoms with Crippen LogP contribution in [-0.4, -0.2) is 6.61 Å². The maximum Gasteiger partial charge on any atom is 0.130 e. The third-order valence-corrected chi connectivity index (χ3v) is 6.13.